The van der Waals surface area contributed by atoms with Crippen molar-refractivity contribution in [3.63, 3.8) is 0 Å². The molecule has 0 amide bonds. The van der Waals surface area contributed by atoms with E-state index in [0.29, 0.717) is 44.1 Å². The molecular weight excluding hydrogens is 314 g/mol. The molecule has 0 fully saturated rings. The molecule has 0 aliphatic rings. The van der Waals surface area contributed by atoms with Crippen LogP contribution in [0.3, 0.4) is 0 Å². The maximum atomic E-state index is 6.23. The van der Waals surface area contributed by atoms with Gasteiger partial charge in [0.15, 0.2) is 0 Å². The normalized spacial score (nSPS) is 14.7. The summed E-state index contributed by atoms with van der Waals surface area (Å²) in [5.74, 6) is 0. The molecular formula is C12H16Cl4N2. The summed E-state index contributed by atoms with van der Waals surface area (Å²) in [5, 5.41) is 1.66. The summed E-state index contributed by atoms with van der Waals surface area (Å²) < 4.78 is 0. The van der Waals surface area contributed by atoms with Gasteiger partial charge in [-0.25, -0.2) is 0 Å². The van der Waals surface area contributed by atoms with Crippen LogP contribution < -0.4 is 11.5 Å². The van der Waals surface area contributed by atoms with Gasteiger partial charge in [-0.05, 0) is 37.8 Å². The number of nitrogens with two attached hydrogens (primary N) is 2. The van der Waals surface area contributed by atoms with Gasteiger partial charge in [0.05, 0.1) is 20.1 Å². The lowest BCUT2D eigenvalue weighted by Crippen LogP contribution is -2.20. The monoisotopic (exact) mass is 328 g/mol. The Morgan fingerprint density at radius 2 is 0.944 bits per heavy atom. The number of hydrogen-bond donors (Lipinski definition) is 2. The topological polar surface area (TPSA) is 52.0 Å². The molecule has 0 radical (unpaired) electrons. The third-order valence-electron chi connectivity index (χ3n) is 2.50. The molecule has 0 bridgehead atoms. The molecule has 1 rings (SSSR count). The summed E-state index contributed by atoms with van der Waals surface area (Å²) in [5.41, 5.74) is 12.9. The first-order chi connectivity index (χ1) is 8.25. The highest BCUT2D eigenvalue weighted by Gasteiger charge is 2.21. The minimum Gasteiger partial charge on any atom is -0.328 e. The zero-order valence-corrected chi connectivity index (χ0v) is 13.3. The molecule has 102 valence electrons. The van der Waals surface area contributed by atoms with E-state index in [4.69, 9.17) is 57.9 Å². The molecule has 18 heavy (non-hydrogen) atoms. The average Bonchev–Trinajstić information content (AvgIpc) is 2.27. The minimum atomic E-state index is -0.0774. The average molecular weight is 330 g/mol. The summed E-state index contributed by atoms with van der Waals surface area (Å²) in [6.07, 6.45) is 1.05. The van der Waals surface area contributed by atoms with Crippen molar-refractivity contribution in [3.05, 3.63) is 31.2 Å². The standard InChI is InChI=1S/C12H16Cl4N2/c1-5(17)3-7-9(13)11(15)8(4-6(2)18)12(16)10(7)14/h5-6H,3-4,17-18H2,1-2H3. The molecule has 1 aromatic carbocycles. The molecule has 2 unspecified atom stereocenters. The third kappa shape index (κ3) is 3.66. The maximum absolute atomic E-state index is 6.23. The Kier molecular flexibility index (Phi) is 6.04. The number of benzene rings is 1. The molecule has 0 saturated carbocycles. The van der Waals surface area contributed by atoms with Crippen LogP contribution in [0.25, 0.3) is 0 Å². The van der Waals surface area contributed by atoms with Crippen LogP contribution in [0.1, 0.15) is 25.0 Å². The first-order valence-corrected chi connectivity index (χ1v) is 7.11. The van der Waals surface area contributed by atoms with Gasteiger partial charge < -0.3 is 11.5 Å². The first-order valence-electron chi connectivity index (χ1n) is 5.60. The smallest absolute Gasteiger partial charge is 0.0643 e. The van der Waals surface area contributed by atoms with Gasteiger partial charge in [-0.3, -0.25) is 0 Å². The largest absolute Gasteiger partial charge is 0.328 e. The van der Waals surface area contributed by atoms with Crippen LogP contribution in [-0.2, 0) is 12.8 Å². The molecule has 2 atom stereocenters. The quantitative estimate of drug-likeness (QED) is 0.818. The van der Waals surface area contributed by atoms with Crippen LogP contribution in [0.5, 0.6) is 0 Å². The van der Waals surface area contributed by atoms with Gasteiger partial charge in [0.2, 0.25) is 0 Å². The van der Waals surface area contributed by atoms with Crippen molar-refractivity contribution in [3.8, 4) is 0 Å². The van der Waals surface area contributed by atoms with Gasteiger partial charge >= 0.3 is 0 Å². The second kappa shape index (κ2) is 6.65. The van der Waals surface area contributed by atoms with E-state index in [-0.39, 0.29) is 12.1 Å². The van der Waals surface area contributed by atoms with Gasteiger partial charge in [-0.1, -0.05) is 46.4 Å². The van der Waals surface area contributed by atoms with Gasteiger partial charge in [-0.15, -0.1) is 0 Å². The lowest BCUT2D eigenvalue weighted by atomic mass is 10.0. The molecule has 6 heteroatoms. The molecule has 0 aliphatic carbocycles. The lowest BCUT2D eigenvalue weighted by Gasteiger charge is -2.18. The molecule has 1 aromatic rings. The van der Waals surface area contributed by atoms with Gasteiger partial charge in [0.1, 0.15) is 0 Å². The van der Waals surface area contributed by atoms with E-state index in [1.165, 1.54) is 0 Å². The van der Waals surface area contributed by atoms with E-state index in [1.807, 2.05) is 13.8 Å². The first kappa shape index (κ1) is 16.4. The second-order valence-electron chi connectivity index (χ2n) is 4.58. The Bertz CT molecular complexity index is 374. The van der Waals surface area contributed by atoms with Crippen molar-refractivity contribution in [2.45, 2.75) is 38.8 Å². The maximum Gasteiger partial charge on any atom is 0.0643 e. The van der Waals surface area contributed by atoms with Crippen LogP contribution >= 0.6 is 46.4 Å². The van der Waals surface area contributed by atoms with Crippen LogP contribution in [0, 0.1) is 0 Å². The molecule has 0 aliphatic heterocycles. The van der Waals surface area contributed by atoms with Crippen molar-refractivity contribution in [1.29, 1.82) is 0 Å². The van der Waals surface area contributed by atoms with Crippen LogP contribution in [0.4, 0.5) is 0 Å². The number of halogens is 4. The Balaban J connectivity index is 3.35. The van der Waals surface area contributed by atoms with Crippen molar-refractivity contribution in [2.75, 3.05) is 0 Å². The van der Waals surface area contributed by atoms with Crippen LogP contribution in [0.15, 0.2) is 0 Å². The number of rotatable bonds is 4. The predicted octanol–water partition coefficient (Wildman–Crippen LogP) is 4.08. The molecule has 4 N–H and O–H groups in total. The van der Waals surface area contributed by atoms with E-state index < -0.39 is 0 Å². The second-order valence-corrected chi connectivity index (χ2v) is 6.09. The van der Waals surface area contributed by atoms with E-state index in [1.54, 1.807) is 0 Å². The summed E-state index contributed by atoms with van der Waals surface area (Å²) in [7, 11) is 0. The van der Waals surface area contributed by atoms with E-state index >= 15 is 0 Å². The predicted molar refractivity (Wildman–Crippen MR) is 81.2 cm³/mol. The van der Waals surface area contributed by atoms with Gasteiger partial charge in [0.25, 0.3) is 0 Å². The highest BCUT2D eigenvalue weighted by molar-refractivity contribution is 6.48. The summed E-state index contributed by atoms with van der Waals surface area (Å²) in [6, 6.07) is -0.155. The molecule has 0 saturated heterocycles. The molecule has 0 heterocycles. The zero-order chi connectivity index (χ0) is 14.0. The highest BCUT2D eigenvalue weighted by Crippen LogP contribution is 2.42. The van der Waals surface area contributed by atoms with Crippen molar-refractivity contribution in [1.82, 2.24) is 0 Å². The summed E-state index contributed by atoms with van der Waals surface area (Å²) >= 11 is 24.9. The molecule has 2 nitrogen and oxygen atoms in total. The van der Waals surface area contributed by atoms with Gasteiger partial charge in [-0.2, -0.15) is 0 Å². The minimum absolute atomic E-state index is 0.0774. The Labute approximate surface area is 128 Å². The molecule has 0 spiro atoms. The van der Waals surface area contributed by atoms with Crippen molar-refractivity contribution >= 4 is 46.4 Å². The fourth-order valence-corrected chi connectivity index (χ4v) is 2.96. The Morgan fingerprint density at radius 1 is 0.722 bits per heavy atom. The highest BCUT2D eigenvalue weighted by atomic mass is 35.5. The fourth-order valence-electron chi connectivity index (χ4n) is 1.72. The van der Waals surface area contributed by atoms with E-state index in [0.717, 1.165) is 0 Å². The van der Waals surface area contributed by atoms with Crippen LogP contribution in [-0.4, -0.2) is 12.1 Å². The van der Waals surface area contributed by atoms with Crippen molar-refractivity contribution in [2.24, 2.45) is 11.5 Å². The van der Waals surface area contributed by atoms with Crippen LogP contribution in [0.2, 0.25) is 20.1 Å². The van der Waals surface area contributed by atoms with E-state index in [9.17, 15) is 0 Å². The van der Waals surface area contributed by atoms with Crippen molar-refractivity contribution < 1.29 is 0 Å². The fraction of sp³-hybridized carbons (Fsp3) is 0.500. The Morgan fingerprint density at radius 3 is 1.11 bits per heavy atom. The zero-order valence-electron chi connectivity index (χ0n) is 10.2. The van der Waals surface area contributed by atoms with Gasteiger partial charge in [0, 0.05) is 12.1 Å². The number of hydrogen-bond acceptors (Lipinski definition) is 2. The Hall–Kier alpha value is 0.300. The SMILES string of the molecule is CC(N)Cc1c(Cl)c(Cl)c(CC(C)N)c(Cl)c1Cl. The third-order valence-corrected chi connectivity index (χ3v) is 4.36. The summed E-state index contributed by atoms with van der Waals surface area (Å²) in [6.45, 7) is 3.73. The summed E-state index contributed by atoms with van der Waals surface area (Å²) in [4.78, 5) is 0. The molecule has 0 aromatic heterocycles. The van der Waals surface area contributed by atoms with E-state index in [2.05, 4.69) is 0 Å². The lowest BCUT2D eigenvalue weighted by molar-refractivity contribution is 0.730.